The molecule has 0 bridgehead atoms. The average Bonchev–Trinajstić information content (AvgIpc) is 3.36. The molecule has 128 valence electrons. The SMILES string of the molecule is O=C(c1ccnc(-n2ccnc2)c1)N1CCCCC1Cn1cccn1. The minimum atomic E-state index is 0.0561. The van der Waals surface area contributed by atoms with Crippen molar-refractivity contribution in [3.05, 3.63) is 61.1 Å². The molecule has 1 aliphatic rings. The van der Waals surface area contributed by atoms with Gasteiger partial charge in [-0.25, -0.2) is 9.97 Å². The van der Waals surface area contributed by atoms with Crippen molar-refractivity contribution in [3.63, 3.8) is 0 Å². The molecule has 1 aliphatic heterocycles. The zero-order valence-corrected chi connectivity index (χ0v) is 13.9. The number of carbonyl (C=O) groups is 1. The number of hydrogen-bond donors (Lipinski definition) is 0. The molecule has 0 radical (unpaired) electrons. The highest BCUT2D eigenvalue weighted by Crippen LogP contribution is 2.21. The van der Waals surface area contributed by atoms with E-state index in [1.54, 1.807) is 35.6 Å². The quantitative estimate of drug-likeness (QED) is 0.732. The van der Waals surface area contributed by atoms with Crippen LogP contribution in [0.1, 0.15) is 29.6 Å². The van der Waals surface area contributed by atoms with E-state index in [4.69, 9.17) is 0 Å². The first-order valence-corrected chi connectivity index (χ1v) is 8.54. The Bertz CT molecular complexity index is 827. The maximum atomic E-state index is 13.1. The molecule has 25 heavy (non-hydrogen) atoms. The maximum absolute atomic E-state index is 13.1. The topological polar surface area (TPSA) is 68.8 Å². The molecule has 1 amide bonds. The minimum absolute atomic E-state index is 0.0561. The summed E-state index contributed by atoms with van der Waals surface area (Å²) in [6.45, 7) is 1.52. The zero-order chi connectivity index (χ0) is 17.1. The van der Waals surface area contributed by atoms with E-state index in [-0.39, 0.29) is 11.9 Å². The van der Waals surface area contributed by atoms with Crippen molar-refractivity contribution in [3.8, 4) is 5.82 Å². The molecule has 1 atom stereocenters. The Morgan fingerprint density at radius 1 is 1.20 bits per heavy atom. The van der Waals surface area contributed by atoms with Gasteiger partial charge in [-0.2, -0.15) is 5.10 Å². The molecule has 1 unspecified atom stereocenters. The number of pyridine rings is 1. The van der Waals surface area contributed by atoms with E-state index in [9.17, 15) is 4.79 Å². The Morgan fingerprint density at radius 2 is 2.16 bits per heavy atom. The summed E-state index contributed by atoms with van der Waals surface area (Å²) >= 11 is 0. The standard InChI is InChI=1S/C18H20N6O/c25-18(15-5-7-20-17(12-15)22-11-8-19-14-22)24-10-2-1-4-16(24)13-23-9-3-6-21-23/h3,5-9,11-12,14,16H,1-2,4,10,13H2. The average molecular weight is 336 g/mol. The number of imidazole rings is 1. The molecule has 7 nitrogen and oxygen atoms in total. The van der Waals surface area contributed by atoms with E-state index in [0.29, 0.717) is 11.4 Å². The number of amides is 1. The third-order valence-electron chi connectivity index (χ3n) is 4.61. The van der Waals surface area contributed by atoms with Crippen molar-refractivity contribution in [2.75, 3.05) is 6.54 Å². The summed E-state index contributed by atoms with van der Waals surface area (Å²) in [5, 5.41) is 4.28. The molecule has 4 heterocycles. The van der Waals surface area contributed by atoms with Gasteiger partial charge in [0.25, 0.3) is 5.91 Å². The van der Waals surface area contributed by atoms with Gasteiger partial charge in [-0.15, -0.1) is 0 Å². The van der Waals surface area contributed by atoms with Gasteiger partial charge in [-0.3, -0.25) is 14.0 Å². The minimum Gasteiger partial charge on any atom is -0.334 e. The number of hydrogen-bond acceptors (Lipinski definition) is 4. The number of nitrogens with zero attached hydrogens (tertiary/aromatic N) is 6. The Hall–Kier alpha value is -2.96. The number of piperidine rings is 1. The van der Waals surface area contributed by atoms with Gasteiger partial charge < -0.3 is 4.90 Å². The zero-order valence-electron chi connectivity index (χ0n) is 13.9. The van der Waals surface area contributed by atoms with Crippen LogP contribution in [0, 0.1) is 0 Å². The van der Waals surface area contributed by atoms with Crippen molar-refractivity contribution in [2.24, 2.45) is 0 Å². The van der Waals surface area contributed by atoms with Crippen molar-refractivity contribution < 1.29 is 4.79 Å². The fourth-order valence-electron chi connectivity index (χ4n) is 3.34. The van der Waals surface area contributed by atoms with Gasteiger partial charge in [0.15, 0.2) is 0 Å². The molecule has 4 rings (SSSR count). The van der Waals surface area contributed by atoms with Crippen molar-refractivity contribution in [1.82, 2.24) is 29.2 Å². The predicted molar refractivity (Wildman–Crippen MR) is 92.3 cm³/mol. The van der Waals surface area contributed by atoms with Crippen LogP contribution >= 0.6 is 0 Å². The van der Waals surface area contributed by atoms with E-state index in [1.807, 2.05) is 34.1 Å². The van der Waals surface area contributed by atoms with Crippen LogP contribution in [0.4, 0.5) is 0 Å². The lowest BCUT2D eigenvalue weighted by atomic mass is 10.0. The first kappa shape index (κ1) is 15.6. The second kappa shape index (κ2) is 6.88. The maximum Gasteiger partial charge on any atom is 0.254 e. The molecular weight excluding hydrogens is 316 g/mol. The molecule has 0 N–H and O–H groups in total. The molecule has 1 saturated heterocycles. The largest absolute Gasteiger partial charge is 0.334 e. The first-order valence-electron chi connectivity index (χ1n) is 8.54. The Labute approximate surface area is 145 Å². The monoisotopic (exact) mass is 336 g/mol. The van der Waals surface area contributed by atoms with Gasteiger partial charge in [-0.05, 0) is 37.5 Å². The number of aromatic nitrogens is 5. The van der Waals surface area contributed by atoms with Gasteiger partial charge in [0.1, 0.15) is 12.1 Å². The third-order valence-corrected chi connectivity index (χ3v) is 4.61. The van der Waals surface area contributed by atoms with E-state index < -0.39 is 0 Å². The van der Waals surface area contributed by atoms with Gasteiger partial charge in [0.05, 0.1) is 12.6 Å². The van der Waals surface area contributed by atoms with E-state index in [0.717, 1.165) is 32.4 Å². The molecule has 3 aromatic heterocycles. The molecule has 0 aromatic carbocycles. The Balaban J connectivity index is 1.57. The van der Waals surface area contributed by atoms with Crippen LogP contribution in [-0.2, 0) is 6.54 Å². The summed E-state index contributed by atoms with van der Waals surface area (Å²) in [4.78, 5) is 23.5. The summed E-state index contributed by atoms with van der Waals surface area (Å²) in [7, 11) is 0. The van der Waals surface area contributed by atoms with Crippen LogP contribution in [0.5, 0.6) is 0 Å². The summed E-state index contributed by atoms with van der Waals surface area (Å²) < 4.78 is 3.70. The fraction of sp³-hybridized carbons (Fsp3) is 0.333. The van der Waals surface area contributed by atoms with Crippen LogP contribution in [-0.4, -0.2) is 47.7 Å². The molecular formula is C18H20N6O. The van der Waals surface area contributed by atoms with Crippen LogP contribution in [0.3, 0.4) is 0 Å². The first-order chi connectivity index (χ1) is 12.3. The summed E-state index contributed by atoms with van der Waals surface area (Å²) in [6.07, 6.45) is 13.8. The third kappa shape index (κ3) is 3.31. The lowest BCUT2D eigenvalue weighted by molar-refractivity contribution is 0.0583. The van der Waals surface area contributed by atoms with E-state index >= 15 is 0 Å². The van der Waals surface area contributed by atoms with Crippen molar-refractivity contribution in [1.29, 1.82) is 0 Å². The van der Waals surface area contributed by atoms with Crippen molar-refractivity contribution >= 4 is 5.91 Å². The molecule has 7 heteroatoms. The number of carbonyl (C=O) groups excluding carboxylic acids is 1. The summed E-state index contributed by atoms with van der Waals surface area (Å²) in [5.41, 5.74) is 0.658. The Kier molecular flexibility index (Phi) is 4.28. The molecule has 0 aliphatic carbocycles. The van der Waals surface area contributed by atoms with Crippen LogP contribution in [0.25, 0.3) is 5.82 Å². The van der Waals surface area contributed by atoms with Gasteiger partial charge in [0, 0.05) is 43.1 Å². The van der Waals surface area contributed by atoms with E-state index in [1.165, 1.54) is 0 Å². The molecule has 0 spiro atoms. The number of rotatable bonds is 4. The van der Waals surface area contributed by atoms with Crippen LogP contribution in [0.2, 0.25) is 0 Å². The summed E-state index contributed by atoms with van der Waals surface area (Å²) in [5.74, 6) is 0.754. The second-order valence-corrected chi connectivity index (χ2v) is 6.25. The highest BCUT2D eigenvalue weighted by molar-refractivity contribution is 5.94. The normalized spacial score (nSPS) is 17.6. The predicted octanol–water partition coefficient (Wildman–Crippen LogP) is 2.16. The molecule has 1 fully saturated rings. The van der Waals surface area contributed by atoms with Gasteiger partial charge >= 0.3 is 0 Å². The highest BCUT2D eigenvalue weighted by Gasteiger charge is 2.28. The van der Waals surface area contributed by atoms with E-state index in [2.05, 4.69) is 15.1 Å². The van der Waals surface area contributed by atoms with Gasteiger partial charge in [-0.1, -0.05) is 0 Å². The van der Waals surface area contributed by atoms with Crippen LogP contribution in [0.15, 0.2) is 55.5 Å². The smallest absolute Gasteiger partial charge is 0.254 e. The lowest BCUT2D eigenvalue weighted by Gasteiger charge is -2.35. The lowest BCUT2D eigenvalue weighted by Crippen LogP contribution is -2.46. The second-order valence-electron chi connectivity index (χ2n) is 6.25. The Morgan fingerprint density at radius 3 is 2.96 bits per heavy atom. The fourth-order valence-corrected chi connectivity index (χ4v) is 3.34. The number of likely N-dealkylation sites (tertiary alicyclic amines) is 1. The summed E-state index contributed by atoms with van der Waals surface area (Å²) in [6, 6.07) is 5.69. The van der Waals surface area contributed by atoms with Crippen molar-refractivity contribution in [2.45, 2.75) is 31.8 Å². The highest BCUT2D eigenvalue weighted by atomic mass is 16.2. The molecule has 0 saturated carbocycles. The van der Waals surface area contributed by atoms with Gasteiger partial charge in [0.2, 0.25) is 0 Å². The van der Waals surface area contributed by atoms with Crippen LogP contribution < -0.4 is 0 Å². The molecule has 3 aromatic rings.